The zero-order chi connectivity index (χ0) is 12.9. The number of rotatable bonds is 6. The van der Waals surface area contributed by atoms with E-state index in [0.717, 1.165) is 25.3 Å². The fourth-order valence-corrected chi connectivity index (χ4v) is 2.42. The lowest BCUT2D eigenvalue weighted by Gasteiger charge is -2.17. The smallest absolute Gasteiger partial charge is 0.0982 e. The first-order valence-electron chi connectivity index (χ1n) is 5.86. The lowest BCUT2D eigenvalue weighted by Crippen LogP contribution is -2.23. The van der Waals surface area contributed by atoms with Crippen LogP contribution >= 0.6 is 11.3 Å². The molecule has 0 saturated heterocycles. The van der Waals surface area contributed by atoms with Crippen molar-refractivity contribution in [1.29, 1.82) is 0 Å². The molecule has 0 atom stereocenters. The molecule has 0 aromatic carbocycles. The van der Waals surface area contributed by atoms with Gasteiger partial charge in [-0.25, -0.2) is 4.98 Å². The second-order valence-corrected chi connectivity index (χ2v) is 6.02. The standard InChI is InChI=1S/C14H22N2S/c1-6-8-16(9-7-2)10-12-11-17-13(15-12)14(3,4)5/h6-7,11H,1-2,8-10H2,3-5H3. The second-order valence-electron chi connectivity index (χ2n) is 5.17. The van der Waals surface area contributed by atoms with Crippen LogP contribution in [0.2, 0.25) is 0 Å². The Morgan fingerprint density at radius 1 is 1.29 bits per heavy atom. The summed E-state index contributed by atoms with van der Waals surface area (Å²) < 4.78 is 0. The summed E-state index contributed by atoms with van der Waals surface area (Å²) in [6.07, 6.45) is 3.83. The largest absolute Gasteiger partial charge is 0.290 e. The van der Waals surface area contributed by atoms with Gasteiger partial charge in [0, 0.05) is 30.4 Å². The summed E-state index contributed by atoms with van der Waals surface area (Å²) in [4.78, 5) is 6.96. The summed E-state index contributed by atoms with van der Waals surface area (Å²) in [6.45, 7) is 16.7. The first-order valence-corrected chi connectivity index (χ1v) is 6.74. The van der Waals surface area contributed by atoms with Crippen molar-refractivity contribution in [2.24, 2.45) is 0 Å². The Kier molecular flexibility index (Phi) is 5.09. The van der Waals surface area contributed by atoms with Gasteiger partial charge in [0.25, 0.3) is 0 Å². The van der Waals surface area contributed by atoms with Gasteiger partial charge in [-0.3, -0.25) is 4.90 Å². The van der Waals surface area contributed by atoms with Crippen LogP contribution in [-0.2, 0) is 12.0 Å². The van der Waals surface area contributed by atoms with Crippen molar-refractivity contribution in [3.8, 4) is 0 Å². The van der Waals surface area contributed by atoms with Gasteiger partial charge in [-0.1, -0.05) is 32.9 Å². The van der Waals surface area contributed by atoms with E-state index in [9.17, 15) is 0 Å². The zero-order valence-corrected chi connectivity index (χ0v) is 11.9. The highest BCUT2D eigenvalue weighted by Crippen LogP contribution is 2.25. The average Bonchev–Trinajstić information content (AvgIpc) is 2.66. The molecular weight excluding hydrogens is 228 g/mol. The SMILES string of the molecule is C=CCN(CC=C)Cc1csc(C(C)(C)C)n1. The molecule has 0 aliphatic rings. The average molecular weight is 250 g/mol. The Morgan fingerprint density at radius 2 is 1.88 bits per heavy atom. The summed E-state index contributed by atoms with van der Waals surface area (Å²) >= 11 is 1.75. The monoisotopic (exact) mass is 250 g/mol. The van der Waals surface area contributed by atoms with Crippen molar-refractivity contribution in [3.05, 3.63) is 41.4 Å². The highest BCUT2D eigenvalue weighted by atomic mass is 32.1. The van der Waals surface area contributed by atoms with E-state index in [4.69, 9.17) is 4.98 Å². The molecule has 2 nitrogen and oxygen atoms in total. The first-order chi connectivity index (χ1) is 7.97. The third-order valence-electron chi connectivity index (χ3n) is 2.35. The third-order valence-corrected chi connectivity index (χ3v) is 3.67. The van der Waals surface area contributed by atoms with Crippen LogP contribution in [0.1, 0.15) is 31.5 Å². The second kappa shape index (κ2) is 6.12. The van der Waals surface area contributed by atoms with Crippen LogP contribution in [-0.4, -0.2) is 23.0 Å². The van der Waals surface area contributed by atoms with Gasteiger partial charge in [-0.15, -0.1) is 24.5 Å². The van der Waals surface area contributed by atoms with Crippen LogP contribution in [0.5, 0.6) is 0 Å². The van der Waals surface area contributed by atoms with Gasteiger partial charge in [0.05, 0.1) is 10.7 Å². The van der Waals surface area contributed by atoms with Crippen molar-refractivity contribution in [3.63, 3.8) is 0 Å². The minimum Gasteiger partial charge on any atom is -0.290 e. The molecule has 1 heterocycles. The van der Waals surface area contributed by atoms with Gasteiger partial charge >= 0.3 is 0 Å². The predicted molar refractivity (Wildman–Crippen MR) is 76.5 cm³/mol. The van der Waals surface area contributed by atoms with Crippen molar-refractivity contribution in [2.45, 2.75) is 32.7 Å². The van der Waals surface area contributed by atoms with Gasteiger partial charge in [0.2, 0.25) is 0 Å². The van der Waals surface area contributed by atoms with Crippen LogP contribution in [0, 0.1) is 0 Å². The van der Waals surface area contributed by atoms with E-state index in [1.165, 1.54) is 5.01 Å². The van der Waals surface area contributed by atoms with E-state index in [2.05, 4.69) is 44.2 Å². The number of hydrogen-bond acceptors (Lipinski definition) is 3. The number of hydrogen-bond donors (Lipinski definition) is 0. The minimum absolute atomic E-state index is 0.143. The van der Waals surface area contributed by atoms with E-state index in [-0.39, 0.29) is 5.41 Å². The number of nitrogens with zero attached hydrogens (tertiary/aromatic N) is 2. The Hall–Kier alpha value is -0.930. The van der Waals surface area contributed by atoms with Gasteiger partial charge in [-0.05, 0) is 0 Å². The molecule has 0 spiro atoms. The maximum Gasteiger partial charge on any atom is 0.0982 e. The lowest BCUT2D eigenvalue weighted by atomic mass is 9.98. The molecule has 0 N–H and O–H groups in total. The summed E-state index contributed by atoms with van der Waals surface area (Å²) in [6, 6.07) is 0. The van der Waals surface area contributed by atoms with Crippen molar-refractivity contribution in [1.82, 2.24) is 9.88 Å². The molecule has 0 aliphatic heterocycles. The molecule has 0 bridgehead atoms. The normalized spacial score (nSPS) is 11.8. The van der Waals surface area contributed by atoms with Gasteiger partial charge in [0.1, 0.15) is 0 Å². The molecule has 17 heavy (non-hydrogen) atoms. The topological polar surface area (TPSA) is 16.1 Å². The molecule has 0 saturated carbocycles. The fourth-order valence-electron chi connectivity index (χ4n) is 1.52. The molecule has 0 fully saturated rings. The predicted octanol–water partition coefficient (Wildman–Crippen LogP) is 3.61. The Balaban J connectivity index is 2.69. The summed E-state index contributed by atoms with van der Waals surface area (Å²) in [5.74, 6) is 0. The Bertz CT molecular complexity index is 364. The fraction of sp³-hybridized carbons (Fsp3) is 0.500. The van der Waals surface area contributed by atoms with Crippen LogP contribution < -0.4 is 0 Å². The molecular formula is C14H22N2S. The summed E-state index contributed by atoms with van der Waals surface area (Å²) in [5.41, 5.74) is 1.29. The minimum atomic E-state index is 0.143. The zero-order valence-electron chi connectivity index (χ0n) is 11.1. The maximum atomic E-state index is 4.69. The van der Waals surface area contributed by atoms with Crippen LogP contribution in [0.3, 0.4) is 0 Å². The Labute approximate surface area is 109 Å². The summed E-state index contributed by atoms with van der Waals surface area (Å²) in [7, 11) is 0. The molecule has 0 aliphatic carbocycles. The number of aromatic nitrogens is 1. The van der Waals surface area contributed by atoms with Gasteiger partial charge in [-0.2, -0.15) is 0 Å². The van der Waals surface area contributed by atoms with Crippen molar-refractivity contribution >= 4 is 11.3 Å². The van der Waals surface area contributed by atoms with E-state index < -0.39 is 0 Å². The number of thiazole rings is 1. The summed E-state index contributed by atoms with van der Waals surface area (Å²) in [5, 5.41) is 3.35. The molecule has 3 heteroatoms. The molecule has 94 valence electrons. The first kappa shape index (κ1) is 14.1. The molecule has 0 amide bonds. The van der Waals surface area contributed by atoms with Gasteiger partial charge < -0.3 is 0 Å². The van der Waals surface area contributed by atoms with Gasteiger partial charge in [0.15, 0.2) is 0 Å². The molecule has 1 rings (SSSR count). The van der Waals surface area contributed by atoms with E-state index in [0.29, 0.717) is 0 Å². The van der Waals surface area contributed by atoms with E-state index in [1.807, 2.05) is 12.2 Å². The van der Waals surface area contributed by atoms with Crippen LogP contribution in [0.15, 0.2) is 30.7 Å². The molecule has 1 aromatic heterocycles. The molecule has 0 unspecified atom stereocenters. The third kappa shape index (κ3) is 4.44. The lowest BCUT2D eigenvalue weighted by molar-refractivity contribution is 0.323. The van der Waals surface area contributed by atoms with Crippen LogP contribution in [0.4, 0.5) is 0 Å². The highest BCUT2D eigenvalue weighted by Gasteiger charge is 2.18. The maximum absolute atomic E-state index is 4.69. The van der Waals surface area contributed by atoms with E-state index >= 15 is 0 Å². The van der Waals surface area contributed by atoms with Crippen molar-refractivity contribution in [2.75, 3.05) is 13.1 Å². The highest BCUT2D eigenvalue weighted by molar-refractivity contribution is 7.09. The van der Waals surface area contributed by atoms with Crippen molar-refractivity contribution < 1.29 is 0 Å². The molecule has 0 radical (unpaired) electrons. The Morgan fingerprint density at radius 3 is 2.29 bits per heavy atom. The van der Waals surface area contributed by atoms with E-state index in [1.54, 1.807) is 11.3 Å². The van der Waals surface area contributed by atoms with Crippen LogP contribution in [0.25, 0.3) is 0 Å². The molecule has 1 aromatic rings. The quantitative estimate of drug-likeness (QED) is 0.717.